The van der Waals surface area contributed by atoms with Crippen LogP contribution in [-0.2, 0) is 4.79 Å². The molecule has 0 spiro atoms. The maximum absolute atomic E-state index is 11.7. The number of carbonyl (C=O) groups is 1. The molecule has 1 N–H and O–H groups in total. The van der Waals surface area contributed by atoms with Crippen LogP contribution in [-0.4, -0.2) is 60.1 Å². The highest BCUT2D eigenvalue weighted by atomic mass is 16.3. The summed E-state index contributed by atoms with van der Waals surface area (Å²) in [6, 6.07) is 0.138. The summed E-state index contributed by atoms with van der Waals surface area (Å²) in [6.07, 6.45) is 3.60. The van der Waals surface area contributed by atoms with Gasteiger partial charge >= 0.3 is 0 Å². The van der Waals surface area contributed by atoms with E-state index in [1.54, 1.807) is 17.1 Å². The molecule has 2 unspecified atom stereocenters. The summed E-state index contributed by atoms with van der Waals surface area (Å²) in [5, 5.41) is 9.56. The van der Waals surface area contributed by atoms with Gasteiger partial charge in [-0.3, -0.25) is 4.79 Å². The predicted molar refractivity (Wildman–Crippen MR) is 59.5 cm³/mol. The van der Waals surface area contributed by atoms with Crippen LogP contribution in [0.1, 0.15) is 13.3 Å². The van der Waals surface area contributed by atoms with Crippen LogP contribution in [0.2, 0.25) is 0 Å². The molecule has 0 radical (unpaired) electrons. The molecule has 0 aromatic carbocycles. The third-order valence-electron chi connectivity index (χ3n) is 2.56. The molecule has 1 aliphatic rings. The highest BCUT2D eigenvalue weighted by molar-refractivity contribution is 5.88. The molecular weight excluding hydrogens is 192 g/mol. The molecule has 1 heterocycles. The second-order valence-corrected chi connectivity index (χ2v) is 4.30. The van der Waals surface area contributed by atoms with E-state index < -0.39 is 0 Å². The molecule has 4 heteroatoms. The fourth-order valence-electron chi connectivity index (χ4n) is 1.99. The van der Waals surface area contributed by atoms with Crippen molar-refractivity contribution in [2.75, 3.05) is 27.2 Å². The Hall–Kier alpha value is -0.870. The topological polar surface area (TPSA) is 43.8 Å². The Morgan fingerprint density at radius 2 is 2.27 bits per heavy atom. The van der Waals surface area contributed by atoms with Crippen molar-refractivity contribution in [1.29, 1.82) is 0 Å². The van der Waals surface area contributed by atoms with Gasteiger partial charge in [-0.2, -0.15) is 0 Å². The van der Waals surface area contributed by atoms with E-state index in [0.717, 1.165) is 6.54 Å². The first-order chi connectivity index (χ1) is 7.04. The Morgan fingerprint density at radius 1 is 1.60 bits per heavy atom. The minimum absolute atomic E-state index is 0.000833. The lowest BCUT2D eigenvalue weighted by molar-refractivity contribution is -0.127. The standard InChI is InChI=1S/C11H20N2O2/c1-4-5-11(15)13-8-10(14)6-9(13)7-12(2)3/h4-5,9-10,14H,6-8H2,1-3H3. The van der Waals surface area contributed by atoms with Gasteiger partial charge in [0.2, 0.25) is 5.91 Å². The van der Waals surface area contributed by atoms with E-state index >= 15 is 0 Å². The molecule has 0 bridgehead atoms. The summed E-state index contributed by atoms with van der Waals surface area (Å²) < 4.78 is 0. The van der Waals surface area contributed by atoms with Crippen molar-refractivity contribution in [1.82, 2.24) is 9.80 Å². The van der Waals surface area contributed by atoms with Gasteiger partial charge in [-0.25, -0.2) is 0 Å². The predicted octanol–water partition coefficient (Wildman–Crippen LogP) is 0.0859. The summed E-state index contributed by atoms with van der Waals surface area (Å²) in [5.74, 6) is 0.000833. The van der Waals surface area contributed by atoms with Crippen LogP contribution < -0.4 is 0 Å². The quantitative estimate of drug-likeness (QED) is 0.674. The van der Waals surface area contributed by atoms with Crippen LogP contribution in [0.25, 0.3) is 0 Å². The first kappa shape index (κ1) is 12.2. The Balaban J connectivity index is 2.64. The molecule has 1 rings (SSSR count). The largest absolute Gasteiger partial charge is 0.391 e. The van der Waals surface area contributed by atoms with Crippen molar-refractivity contribution in [3.05, 3.63) is 12.2 Å². The van der Waals surface area contributed by atoms with Crippen molar-refractivity contribution in [3.63, 3.8) is 0 Å². The maximum atomic E-state index is 11.7. The third kappa shape index (κ3) is 3.32. The van der Waals surface area contributed by atoms with Gasteiger partial charge in [0, 0.05) is 19.1 Å². The lowest BCUT2D eigenvalue weighted by Crippen LogP contribution is -2.40. The van der Waals surface area contributed by atoms with Crippen molar-refractivity contribution in [2.24, 2.45) is 0 Å². The Labute approximate surface area is 91.2 Å². The normalized spacial score (nSPS) is 26.9. The molecule has 1 saturated heterocycles. The fourth-order valence-corrected chi connectivity index (χ4v) is 1.99. The first-order valence-electron chi connectivity index (χ1n) is 5.30. The Kier molecular flexibility index (Phi) is 4.29. The third-order valence-corrected chi connectivity index (χ3v) is 2.56. The van der Waals surface area contributed by atoms with Crippen molar-refractivity contribution in [3.8, 4) is 0 Å². The number of likely N-dealkylation sites (N-methyl/N-ethyl adjacent to an activating group) is 1. The molecule has 15 heavy (non-hydrogen) atoms. The van der Waals surface area contributed by atoms with Crippen LogP contribution in [0.5, 0.6) is 0 Å². The number of carbonyl (C=O) groups excluding carboxylic acids is 1. The number of amides is 1. The molecule has 0 aromatic rings. The van der Waals surface area contributed by atoms with Gasteiger partial charge in [-0.05, 0) is 33.5 Å². The molecule has 2 atom stereocenters. The highest BCUT2D eigenvalue weighted by Crippen LogP contribution is 2.18. The lowest BCUT2D eigenvalue weighted by atomic mass is 10.2. The number of hydrogen-bond acceptors (Lipinski definition) is 3. The van der Waals surface area contributed by atoms with Gasteiger partial charge in [0.1, 0.15) is 0 Å². The van der Waals surface area contributed by atoms with Gasteiger partial charge in [-0.15, -0.1) is 0 Å². The Morgan fingerprint density at radius 3 is 2.80 bits per heavy atom. The molecule has 86 valence electrons. The van der Waals surface area contributed by atoms with E-state index in [1.165, 1.54) is 0 Å². The van der Waals surface area contributed by atoms with Gasteiger partial charge in [0.25, 0.3) is 0 Å². The molecule has 4 nitrogen and oxygen atoms in total. The molecular formula is C11H20N2O2. The van der Waals surface area contributed by atoms with E-state index in [0.29, 0.717) is 13.0 Å². The molecule has 1 aliphatic heterocycles. The second kappa shape index (κ2) is 5.28. The number of nitrogens with zero attached hydrogens (tertiary/aromatic N) is 2. The number of hydrogen-bond donors (Lipinski definition) is 1. The summed E-state index contributed by atoms with van der Waals surface area (Å²) in [5.41, 5.74) is 0. The van der Waals surface area contributed by atoms with Crippen LogP contribution in [0.4, 0.5) is 0 Å². The average Bonchev–Trinajstić information content (AvgIpc) is 2.46. The maximum Gasteiger partial charge on any atom is 0.246 e. The van der Waals surface area contributed by atoms with Gasteiger partial charge < -0.3 is 14.9 Å². The molecule has 1 amide bonds. The van der Waals surface area contributed by atoms with Crippen LogP contribution in [0.3, 0.4) is 0 Å². The fraction of sp³-hybridized carbons (Fsp3) is 0.727. The van der Waals surface area contributed by atoms with E-state index in [2.05, 4.69) is 0 Å². The van der Waals surface area contributed by atoms with Crippen molar-refractivity contribution in [2.45, 2.75) is 25.5 Å². The number of rotatable bonds is 3. The molecule has 0 saturated carbocycles. The number of allylic oxidation sites excluding steroid dienone is 1. The zero-order valence-corrected chi connectivity index (χ0v) is 9.68. The summed E-state index contributed by atoms with van der Waals surface area (Å²) in [6.45, 7) is 3.09. The van der Waals surface area contributed by atoms with E-state index in [-0.39, 0.29) is 18.1 Å². The first-order valence-corrected chi connectivity index (χ1v) is 5.30. The molecule has 0 aromatic heterocycles. The number of aliphatic hydroxyl groups is 1. The van der Waals surface area contributed by atoms with Gasteiger partial charge in [0.15, 0.2) is 0 Å². The van der Waals surface area contributed by atoms with E-state index in [1.807, 2.05) is 25.9 Å². The summed E-state index contributed by atoms with van der Waals surface area (Å²) in [7, 11) is 3.95. The Bertz CT molecular complexity index is 251. The average molecular weight is 212 g/mol. The van der Waals surface area contributed by atoms with Gasteiger partial charge in [-0.1, -0.05) is 6.08 Å². The SMILES string of the molecule is CC=CC(=O)N1CC(O)CC1CN(C)C. The lowest BCUT2D eigenvalue weighted by Gasteiger charge is -2.25. The van der Waals surface area contributed by atoms with E-state index in [9.17, 15) is 9.90 Å². The zero-order valence-electron chi connectivity index (χ0n) is 9.68. The summed E-state index contributed by atoms with van der Waals surface area (Å²) in [4.78, 5) is 15.5. The monoisotopic (exact) mass is 212 g/mol. The minimum atomic E-state index is -0.371. The highest BCUT2D eigenvalue weighted by Gasteiger charge is 2.33. The number of likely N-dealkylation sites (tertiary alicyclic amines) is 1. The van der Waals surface area contributed by atoms with Gasteiger partial charge in [0.05, 0.1) is 6.10 Å². The minimum Gasteiger partial charge on any atom is -0.391 e. The van der Waals surface area contributed by atoms with E-state index in [4.69, 9.17) is 0 Å². The van der Waals surface area contributed by atoms with Crippen LogP contribution >= 0.6 is 0 Å². The molecule has 0 aliphatic carbocycles. The zero-order chi connectivity index (χ0) is 11.4. The molecule has 1 fully saturated rings. The number of β-amino-alcohol motifs (C(OH)–C–C–N with tert-alkyl or cyclic N) is 1. The van der Waals surface area contributed by atoms with Crippen LogP contribution in [0, 0.1) is 0 Å². The smallest absolute Gasteiger partial charge is 0.246 e. The van der Waals surface area contributed by atoms with Crippen molar-refractivity contribution < 1.29 is 9.90 Å². The second-order valence-electron chi connectivity index (χ2n) is 4.30. The van der Waals surface area contributed by atoms with Crippen LogP contribution in [0.15, 0.2) is 12.2 Å². The number of aliphatic hydroxyl groups excluding tert-OH is 1. The summed E-state index contributed by atoms with van der Waals surface area (Å²) >= 11 is 0. The van der Waals surface area contributed by atoms with Crippen molar-refractivity contribution >= 4 is 5.91 Å².